The highest BCUT2D eigenvalue weighted by molar-refractivity contribution is 7.80. The molecule has 0 fully saturated rings. The Balaban J connectivity index is 2.03. The third-order valence-electron chi connectivity index (χ3n) is 3.23. The predicted octanol–water partition coefficient (Wildman–Crippen LogP) is 4.26. The fourth-order valence-corrected chi connectivity index (χ4v) is 2.54. The minimum absolute atomic E-state index is 0.163. The topological polar surface area (TPSA) is 59.6 Å². The highest BCUT2D eigenvalue weighted by atomic mass is 35.5. The van der Waals surface area contributed by atoms with E-state index >= 15 is 0 Å². The van der Waals surface area contributed by atoms with Crippen molar-refractivity contribution in [2.45, 2.75) is 13.3 Å². The van der Waals surface area contributed by atoms with Crippen LogP contribution in [0.25, 0.3) is 0 Å². The van der Waals surface area contributed by atoms with Crippen molar-refractivity contribution >= 4 is 40.5 Å². The van der Waals surface area contributed by atoms with Gasteiger partial charge in [0.05, 0.1) is 24.3 Å². The number of nitrogens with one attached hydrogen (secondary N) is 2. The van der Waals surface area contributed by atoms with Crippen LogP contribution >= 0.6 is 23.8 Å². The molecule has 132 valence electrons. The molecule has 5 nitrogen and oxygen atoms in total. The van der Waals surface area contributed by atoms with Gasteiger partial charge in [0.1, 0.15) is 11.5 Å². The molecule has 25 heavy (non-hydrogen) atoms. The minimum atomic E-state index is -0.344. The first kappa shape index (κ1) is 19.0. The van der Waals surface area contributed by atoms with E-state index in [2.05, 4.69) is 10.6 Å². The number of rotatable bonds is 6. The molecule has 7 heteroatoms. The summed E-state index contributed by atoms with van der Waals surface area (Å²) in [5.41, 5.74) is 1.07. The van der Waals surface area contributed by atoms with Gasteiger partial charge in [-0.3, -0.25) is 10.1 Å². The zero-order chi connectivity index (χ0) is 18.2. The second-order valence-electron chi connectivity index (χ2n) is 5.10. The van der Waals surface area contributed by atoms with Gasteiger partial charge in [-0.05, 0) is 49.0 Å². The third kappa shape index (κ3) is 5.34. The summed E-state index contributed by atoms with van der Waals surface area (Å²) in [6.45, 7) is 2.54. The minimum Gasteiger partial charge on any atom is -0.495 e. The number of amides is 1. The number of ether oxygens (including phenoxy) is 2. The van der Waals surface area contributed by atoms with Crippen LogP contribution in [0.3, 0.4) is 0 Å². The molecule has 2 rings (SSSR count). The monoisotopic (exact) mass is 378 g/mol. The number of thiocarbonyl (C=S) groups is 1. The molecule has 0 aromatic heterocycles. The Hall–Kier alpha value is -2.31. The van der Waals surface area contributed by atoms with E-state index in [9.17, 15) is 4.79 Å². The number of benzene rings is 2. The molecule has 0 saturated carbocycles. The largest absolute Gasteiger partial charge is 0.495 e. The van der Waals surface area contributed by atoms with Crippen molar-refractivity contribution < 1.29 is 14.3 Å². The maximum absolute atomic E-state index is 12.4. The number of carbonyl (C=O) groups is 1. The second kappa shape index (κ2) is 9.25. The molecule has 0 saturated heterocycles. The van der Waals surface area contributed by atoms with Crippen molar-refractivity contribution in [2.75, 3.05) is 19.0 Å². The van der Waals surface area contributed by atoms with E-state index in [1.165, 1.54) is 7.11 Å². The lowest BCUT2D eigenvalue weighted by molar-refractivity contribution is 0.0973. The summed E-state index contributed by atoms with van der Waals surface area (Å²) >= 11 is 11.3. The first-order valence-electron chi connectivity index (χ1n) is 7.72. The SMILES string of the molecule is CCCOc1ccccc1C(=O)NC(=S)Nc1ccc(OC)c(Cl)c1. The van der Waals surface area contributed by atoms with Crippen molar-refractivity contribution in [2.24, 2.45) is 0 Å². The van der Waals surface area contributed by atoms with Crippen LogP contribution in [0.2, 0.25) is 5.02 Å². The lowest BCUT2D eigenvalue weighted by Crippen LogP contribution is -2.34. The molecule has 0 heterocycles. The first-order valence-corrected chi connectivity index (χ1v) is 8.51. The van der Waals surface area contributed by atoms with Crippen LogP contribution in [-0.2, 0) is 0 Å². The molecule has 0 aliphatic carbocycles. The van der Waals surface area contributed by atoms with E-state index in [1.54, 1.807) is 36.4 Å². The maximum atomic E-state index is 12.4. The zero-order valence-corrected chi connectivity index (χ0v) is 15.5. The fraction of sp³-hybridized carbons (Fsp3) is 0.222. The zero-order valence-electron chi connectivity index (χ0n) is 14.0. The molecule has 0 spiro atoms. The molecular formula is C18H19ClN2O3S. The standard InChI is InChI=1S/C18H19ClN2O3S/c1-3-10-24-15-7-5-4-6-13(15)17(22)21-18(25)20-12-8-9-16(23-2)14(19)11-12/h4-9,11H,3,10H2,1-2H3,(H2,20,21,22,25). The van der Waals surface area contributed by atoms with Gasteiger partial charge in [0.2, 0.25) is 0 Å². The molecule has 2 aromatic carbocycles. The average molecular weight is 379 g/mol. The molecule has 0 radical (unpaired) electrons. The van der Waals surface area contributed by atoms with Gasteiger partial charge >= 0.3 is 0 Å². The quantitative estimate of drug-likeness (QED) is 0.735. The van der Waals surface area contributed by atoms with Gasteiger partial charge in [0.25, 0.3) is 5.91 Å². The van der Waals surface area contributed by atoms with Crippen LogP contribution in [-0.4, -0.2) is 24.7 Å². The van der Waals surface area contributed by atoms with E-state index < -0.39 is 0 Å². The maximum Gasteiger partial charge on any atom is 0.261 e. The van der Waals surface area contributed by atoms with Crippen LogP contribution in [0.15, 0.2) is 42.5 Å². The number of hydrogen-bond acceptors (Lipinski definition) is 4. The van der Waals surface area contributed by atoms with Gasteiger partial charge in [-0.15, -0.1) is 0 Å². The number of anilines is 1. The molecular weight excluding hydrogens is 360 g/mol. The van der Waals surface area contributed by atoms with Crippen LogP contribution < -0.4 is 20.1 Å². The Morgan fingerprint density at radius 3 is 2.64 bits per heavy atom. The van der Waals surface area contributed by atoms with Crippen LogP contribution in [0.4, 0.5) is 5.69 Å². The molecule has 0 atom stereocenters. The smallest absolute Gasteiger partial charge is 0.261 e. The molecule has 2 aromatic rings. The molecule has 0 aliphatic heterocycles. The number of para-hydroxylation sites is 1. The molecule has 0 unspecified atom stereocenters. The van der Waals surface area contributed by atoms with Gasteiger partial charge in [-0.1, -0.05) is 30.7 Å². The Morgan fingerprint density at radius 1 is 1.20 bits per heavy atom. The Labute approximate surface area is 157 Å². The van der Waals surface area contributed by atoms with E-state index in [-0.39, 0.29) is 11.0 Å². The average Bonchev–Trinajstić information content (AvgIpc) is 2.60. The highest BCUT2D eigenvalue weighted by Gasteiger charge is 2.13. The van der Waals surface area contributed by atoms with E-state index in [1.807, 2.05) is 13.0 Å². The van der Waals surface area contributed by atoms with Gasteiger partial charge in [-0.2, -0.15) is 0 Å². The van der Waals surface area contributed by atoms with Crippen molar-refractivity contribution in [1.82, 2.24) is 5.32 Å². The highest BCUT2D eigenvalue weighted by Crippen LogP contribution is 2.27. The van der Waals surface area contributed by atoms with Crippen molar-refractivity contribution in [3.05, 3.63) is 53.1 Å². The lowest BCUT2D eigenvalue weighted by Gasteiger charge is -2.13. The van der Waals surface area contributed by atoms with Gasteiger partial charge in [0, 0.05) is 5.69 Å². The van der Waals surface area contributed by atoms with Gasteiger partial charge in [0.15, 0.2) is 5.11 Å². The summed E-state index contributed by atoms with van der Waals surface area (Å²) in [7, 11) is 1.54. The van der Waals surface area contributed by atoms with Crippen LogP contribution in [0, 0.1) is 0 Å². The van der Waals surface area contributed by atoms with Crippen LogP contribution in [0.1, 0.15) is 23.7 Å². The first-order chi connectivity index (χ1) is 12.0. The number of methoxy groups -OCH3 is 1. The second-order valence-corrected chi connectivity index (χ2v) is 5.92. The molecule has 0 bridgehead atoms. The van der Waals surface area contributed by atoms with Crippen molar-refractivity contribution in [3.63, 3.8) is 0 Å². The third-order valence-corrected chi connectivity index (χ3v) is 3.73. The molecule has 2 N–H and O–H groups in total. The number of carbonyl (C=O) groups excluding carboxylic acids is 1. The van der Waals surface area contributed by atoms with E-state index in [0.29, 0.717) is 34.4 Å². The summed E-state index contributed by atoms with van der Waals surface area (Å²) in [4.78, 5) is 12.4. The van der Waals surface area contributed by atoms with Gasteiger partial charge in [-0.25, -0.2) is 0 Å². The Bertz CT molecular complexity index is 768. The summed E-state index contributed by atoms with van der Waals surface area (Å²) in [6, 6.07) is 12.2. The van der Waals surface area contributed by atoms with Crippen molar-refractivity contribution in [3.8, 4) is 11.5 Å². The number of halogens is 1. The Kier molecular flexibility index (Phi) is 7.03. The summed E-state index contributed by atoms with van der Waals surface area (Å²) in [6.07, 6.45) is 0.855. The van der Waals surface area contributed by atoms with Gasteiger partial charge < -0.3 is 14.8 Å². The van der Waals surface area contributed by atoms with E-state index in [4.69, 9.17) is 33.3 Å². The summed E-state index contributed by atoms with van der Waals surface area (Å²) in [5, 5.41) is 6.16. The molecule has 1 amide bonds. The van der Waals surface area contributed by atoms with Crippen molar-refractivity contribution in [1.29, 1.82) is 0 Å². The fourth-order valence-electron chi connectivity index (χ4n) is 2.07. The summed E-state index contributed by atoms with van der Waals surface area (Å²) < 4.78 is 10.7. The molecule has 0 aliphatic rings. The summed E-state index contributed by atoms with van der Waals surface area (Å²) in [5.74, 6) is 0.741. The normalized spacial score (nSPS) is 10.0. The predicted molar refractivity (Wildman–Crippen MR) is 104 cm³/mol. The lowest BCUT2D eigenvalue weighted by atomic mass is 10.2. The van der Waals surface area contributed by atoms with E-state index in [0.717, 1.165) is 6.42 Å². The number of hydrogen-bond donors (Lipinski definition) is 2. The Morgan fingerprint density at radius 2 is 1.96 bits per heavy atom. The van der Waals surface area contributed by atoms with Crippen LogP contribution in [0.5, 0.6) is 11.5 Å².